The van der Waals surface area contributed by atoms with Crippen molar-refractivity contribution < 1.29 is 33.3 Å². The van der Waals surface area contributed by atoms with Crippen molar-refractivity contribution in [3.63, 3.8) is 0 Å². The second-order valence-corrected chi connectivity index (χ2v) is 4.73. The van der Waals surface area contributed by atoms with Crippen molar-refractivity contribution in [2.24, 2.45) is 5.73 Å². The summed E-state index contributed by atoms with van der Waals surface area (Å²) in [7, 11) is 0. The molecule has 0 bridgehead atoms. The van der Waals surface area contributed by atoms with Crippen molar-refractivity contribution in [1.29, 1.82) is 0 Å². The summed E-state index contributed by atoms with van der Waals surface area (Å²) in [6.07, 6.45) is 0.671. The van der Waals surface area contributed by atoms with Crippen LogP contribution in [0.5, 0.6) is 0 Å². The molecular weight excluding hydrogens is 306 g/mol. The first-order valence-electron chi connectivity index (χ1n) is 7.79. The number of ether oxygens (including phenoxy) is 5. The fourth-order valence-electron chi connectivity index (χ4n) is 1.37. The SMILES string of the molecule is CC(=O)CCOCCOCCOCCOCCOCCC(N)=O. The highest BCUT2D eigenvalue weighted by molar-refractivity contribution is 5.75. The first kappa shape index (κ1) is 21.9. The zero-order chi connectivity index (χ0) is 17.2. The monoisotopic (exact) mass is 335 g/mol. The van der Waals surface area contributed by atoms with Crippen LogP contribution in [0.15, 0.2) is 0 Å². The molecule has 0 heterocycles. The number of ketones is 1. The second kappa shape index (κ2) is 17.3. The van der Waals surface area contributed by atoms with Gasteiger partial charge in [-0.05, 0) is 6.92 Å². The van der Waals surface area contributed by atoms with Crippen LogP contribution in [-0.2, 0) is 33.3 Å². The van der Waals surface area contributed by atoms with Gasteiger partial charge in [-0.15, -0.1) is 0 Å². The van der Waals surface area contributed by atoms with E-state index >= 15 is 0 Å². The summed E-state index contributed by atoms with van der Waals surface area (Å²) in [5, 5.41) is 0. The average molecular weight is 335 g/mol. The highest BCUT2D eigenvalue weighted by atomic mass is 16.6. The molecule has 0 spiro atoms. The van der Waals surface area contributed by atoms with Crippen molar-refractivity contribution >= 4 is 11.7 Å². The Morgan fingerprint density at radius 1 is 0.609 bits per heavy atom. The molecule has 23 heavy (non-hydrogen) atoms. The Hall–Kier alpha value is -1.06. The van der Waals surface area contributed by atoms with E-state index in [2.05, 4.69) is 0 Å². The van der Waals surface area contributed by atoms with Gasteiger partial charge in [0.25, 0.3) is 0 Å². The van der Waals surface area contributed by atoms with Crippen LogP contribution in [-0.4, -0.2) is 77.8 Å². The predicted molar refractivity (Wildman–Crippen MR) is 83.2 cm³/mol. The summed E-state index contributed by atoms with van der Waals surface area (Å²) < 4.78 is 26.2. The molecule has 0 aromatic carbocycles. The quantitative estimate of drug-likeness (QED) is 0.349. The summed E-state index contributed by atoms with van der Waals surface area (Å²) in [6.45, 7) is 6.11. The van der Waals surface area contributed by atoms with Crippen LogP contribution in [0.2, 0.25) is 0 Å². The van der Waals surface area contributed by atoms with Gasteiger partial charge in [-0.1, -0.05) is 0 Å². The van der Waals surface area contributed by atoms with Gasteiger partial charge in [0.15, 0.2) is 0 Å². The lowest BCUT2D eigenvalue weighted by molar-refractivity contribution is -0.119. The van der Waals surface area contributed by atoms with Crippen LogP contribution < -0.4 is 5.73 Å². The predicted octanol–water partition coefficient (Wildman–Crippen LogP) is -0.0761. The zero-order valence-corrected chi connectivity index (χ0v) is 13.9. The topological polar surface area (TPSA) is 106 Å². The third kappa shape index (κ3) is 20.9. The number of hydrogen-bond donors (Lipinski definition) is 1. The third-order valence-corrected chi connectivity index (χ3v) is 2.58. The number of Topliss-reactive ketones (excluding diaryl/α,β-unsaturated/α-hetero) is 1. The molecule has 0 aromatic rings. The summed E-state index contributed by atoms with van der Waals surface area (Å²) in [5.41, 5.74) is 4.97. The van der Waals surface area contributed by atoms with Gasteiger partial charge >= 0.3 is 0 Å². The molecule has 0 saturated carbocycles. The second-order valence-electron chi connectivity index (χ2n) is 4.73. The maximum atomic E-state index is 10.7. The number of carbonyl (C=O) groups excluding carboxylic acids is 2. The molecule has 0 aliphatic rings. The molecule has 0 atom stereocenters. The first-order chi connectivity index (χ1) is 11.1. The van der Waals surface area contributed by atoms with Crippen LogP contribution in [0.25, 0.3) is 0 Å². The van der Waals surface area contributed by atoms with Crippen LogP contribution in [0.1, 0.15) is 19.8 Å². The normalized spacial score (nSPS) is 10.8. The lowest BCUT2D eigenvalue weighted by Crippen LogP contribution is -2.16. The lowest BCUT2D eigenvalue weighted by Gasteiger charge is -2.07. The van der Waals surface area contributed by atoms with Gasteiger partial charge in [0, 0.05) is 12.8 Å². The summed E-state index contributed by atoms with van der Waals surface area (Å²) in [5.74, 6) is -0.247. The number of carbonyl (C=O) groups is 2. The van der Waals surface area contributed by atoms with E-state index in [1.165, 1.54) is 6.92 Å². The van der Waals surface area contributed by atoms with E-state index in [4.69, 9.17) is 29.4 Å². The van der Waals surface area contributed by atoms with Gasteiger partial charge in [0.1, 0.15) is 5.78 Å². The van der Waals surface area contributed by atoms with Gasteiger partial charge < -0.3 is 29.4 Å². The van der Waals surface area contributed by atoms with Gasteiger partial charge in [-0.2, -0.15) is 0 Å². The molecule has 136 valence electrons. The minimum atomic E-state index is -0.371. The van der Waals surface area contributed by atoms with Crippen molar-refractivity contribution in [2.75, 3.05) is 66.1 Å². The molecule has 0 saturated heterocycles. The molecule has 0 aromatic heterocycles. The van der Waals surface area contributed by atoms with E-state index in [1.807, 2.05) is 0 Å². The molecule has 0 aliphatic carbocycles. The van der Waals surface area contributed by atoms with Crippen molar-refractivity contribution in [3.05, 3.63) is 0 Å². The molecular formula is C15H29NO7. The zero-order valence-electron chi connectivity index (χ0n) is 13.9. The number of amides is 1. The molecule has 0 rings (SSSR count). The number of primary amides is 1. The Labute approximate surface area is 137 Å². The molecule has 8 nitrogen and oxygen atoms in total. The molecule has 2 N–H and O–H groups in total. The Morgan fingerprint density at radius 2 is 0.913 bits per heavy atom. The number of rotatable bonds is 18. The summed E-state index contributed by atoms with van der Waals surface area (Å²) >= 11 is 0. The van der Waals surface area contributed by atoms with Crippen LogP contribution in [0, 0.1) is 0 Å². The van der Waals surface area contributed by atoms with E-state index in [-0.39, 0.29) is 18.1 Å². The van der Waals surface area contributed by atoms with Gasteiger partial charge in [0.05, 0.1) is 66.1 Å². The van der Waals surface area contributed by atoms with E-state index in [0.717, 1.165) is 0 Å². The molecule has 0 aliphatic heterocycles. The first-order valence-corrected chi connectivity index (χ1v) is 7.79. The fraction of sp³-hybridized carbons (Fsp3) is 0.867. The average Bonchev–Trinajstić information content (AvgIpc) is 2.49. The highest BCUT2D eigenvalue weighted by Crippen LogP contribution is 1.87. The molecule has 1 amide bonds. The van der Waals surface area contributed by atoms with Crippen molar-refractivity contribution in [3.8, 4) is 0 Å². The minimum absolute atomic E-state index is 0.124. The maximum Gasteiger partial charge on any atom is 0.219 e. The Bertz CT molecular complexity index is 272. The fourth-order valence-corrected chi connectivity index (χ4v) is 1.37. The van der Waals surface area contributed by atoms with Crippen LogP contribution >= 0.6 is 0 Å². The van der Waals surface area contributed by atoms with Crippen molar-refractivity contribution in [1.82, 2.24) is 0 Å². The van der Waals surface area contributed by atoms with Crippen molar-refractivity contribution in [2.45, 2.75) is 19.8 Å². The van der Waals surface area contributed by atoms with E-state index in [0.29, 0.717) is 72.5 Å². The Morgan fingerprint density at radius 3 is 1.22 bits per heavy atom. The summed E-state index contributed by atoms with van der Waals surface area (Å²) in [6, 6.07) is 0. The summed E-state index contributed by atoms with van der Waals surface area (Å²) in [4.78, 5) is 21.1. The Kier molecular flexibility index (Phi) is 16.5. The van der Waals surface area contributed by atoms with E-state index in [1.54, 1.807) is 0 Å². The Balaban J connectivity index is 3.00. The van der Waals surface area contributed by atoms with E-state index < -0.39 is 0 Å². The molecule has 8 heteroatoms. The molecule has 0 unspecified atom stereocenters. The largest absolute Gasteiger partial charge is 0.379 e. The van der Waals surface area contributed by atoms with Crippen LogP contribution in [0.3, 0.4) is 0 Å². The van der Waals surface area contributed by atoms with E-state index in [9.17, 15) is 9.59 Å². The van der Waals surface area contributed by atoms with Gasteiger partial charge in [0.2, 0.25) is 5.91 Å². The number of nitrogens with two attached hydrogens (primary N) is 1. The van der Waals surface area contributed by atoms with Gasteiger partial charge in [-0.25, -0.2) is 0 Å². The smallest absolute Gasteiger partial charge is 0.219 e. The standard InChI is InChI=1S/C15H29NO7/c1-14(17)2-4-19-6-8-21-10-12-23-13-11-22-9-7-20-5-3-15(16)18/h2-13H2,1H3,(H2,16,18). The minimum Gasteiger partial charge on any atom is -0.379 e. The molecule has 0 fully saturated rings. The lowest BCUT2D eigenvalue weighted by atomic mass is 10.3. The maximum absolute atomic E-state index is 10.7. The molecule has 0 radical (unpaired) electrons. The highest BCUT2D eigenvalue weighted by Gasteiger charge is 1.96. The number of hydrogen-bond acceptors (Lipinski definition) is 7. The third-order valence-electron chi connectivity index (χ3n) is 2.58. The van der Waals surface area contributed by atoms with Gasteiger partial charge in [-0.3, -0.25) is 9.59 Å². The van der Waals surface area contributed by atoms with Crippen LogP contribution in [0.4, 0.5) is 0 Å².